The Balaban J connectivity index is 0.000000837. The molecule has 0 aromatic heterocycles. The highest BCUT2D eigenvalue weighted by molar-refractivity contribution is 5.95. The van der Waals surface area contributed by atoms with Crippen LogP contribution in [0.4, 0.5) is 0 Å². The number of carbonyl (C=O) groups is 7. The molecular weight excluding hydrogens is 897 g/mol. The van der Waals surface area contributed by atoms with Crippen molar-refractivity contribution in [2.75, 3.05) is 33.2 Å². The number of aromatic hydroxyl groups is 1. The van der Waals surface area contributed by atoms with Crippen LogP contribution in [0.15, 0.2) is 24.3 Å². The van der Waals surface area contributed by atoms with Gasteiger partial charge in [-0.15, -0.1) is 0 Å². The van der Waals surface area contributed by atoms with Crippen LogP contribution in [0.5, 0.6) is 5.75 Å². The molecule has 11 N–H and O–H groups in total. The number of likely N-dealkylation sites (N-methyl/N-ethyl adjacent to an activating group) is 1. The van der Waals surface area contributed by atoms with Gasteiger partial charge in [-0.2, -0.15) is 0 Å². The highest BCUT2D eigenvalue weighted by Gasteiger charge is 2.41. The molecule has 70 heavy (non-hydrogen) atoms. The number of aliphatic hydroxyl groups is 2. The summed E-state index contributed by atoms with van der Waals surface area (Å²) in [5.74, 6) is -0.871. The second-order valence-corrected chi connectivity index (χ2v) is 19.8. The second-order valence-electron chi connectivity index (χ2n) is 19.8. The molecule has 1 aromatic rings. The number of nitrogens with one attached hydrogen (secondary N) is 4. The molecule has 5 amide bonds. The van der Waals surface area contributed by atoms with Crippen LogP contribution >= 0.6 is 0 Å². The van der Waals surface area contributed by atoms with Gasteiger partial charge in [0.2, 0.25) is 29.5 Å². The topological polar surface area (TPSA) is 287 Å². The van der Waals surface area contributed by atoms with Crippen LogP contribution in [0, 0.1) is 11.8 Å². The standard InChI is InChI=1S/C36H58N8O9.C16H32O/c1-22(46)30(42-32(49)26(38)7-4-18-39-35(52)31-29(48)15-20-43(31)2)36(53)44-19-5-8-28(44)34(51)41-27(14-11-23-9-12-25(47)13-10-23)33(50)40-24(16-21-45)6-3-17-37;1-4-15(2)14-16(3)12-10-8-6-5-7-9-11-13-17/h9-10,12-13,21-22,24,26-31,46-48H,3-8,11,14-20,37-38H2,1-2H3,(H,39,52)(H,40,50)(H,41,51)(H,42,49);13,15-16H,4-12,14H2,1-3H3/t22-,24?,26+,27?,28?,29+,30?,31?;/m1./s1. The van der Waals surface area contributed by atoms with E-state index in [1.807, 2.05) is 0 Å². The fourth-order valence-corrected chi connectivity index (χ4v) is 9.14. The number of aliphatic hydroxyl groups excluding tert-OH is 2. The Kier molecular flexibility index (Phi) is 30.6. The molecule has 2 aliphatic rings. The van der Waals surface area contributed by atoms with Gasteiger partial charge in [0, 0.05) is 38.5 Å². The number of hydrogen-bond donors (Lipinski definition) is 9. The molecular formula is C52H90N8O10. The largest absolute Gasteiger partial charge is 0.508 e. The molecule has 0 bridgehead atoms. The Morgan fingerprint density at radius 1 is 0.800 bits per heavy atom. The van der Waals surface area contributed by atoms with Crippen LogP contribution in [0.3, 0.4) is 0 Å². The third kappa shape index (κ3) is 23.2. The average Bonchev–Trinajstić information content (AvgIpc) is 3.97. The Hall–Kier alpha value is -4.49. The van der Waals surface area contributed by atoms with E-state index in [-0.39, 0.29) is 50.4 Å². The predicted molar refractivity (Wildman–Crippen MR) is 271 cm³/mol. The second kappa shape index (κ2) is 34.8. The van der Waals surface area contributed by atoms with Crippen molar-refractivity contribution in [1.29, 1.82) is 0 Å². The zero-order chi connectivity index (χ0) is 52.0. The molecule has 18 heteroatoms. The van der Waals surface area contributed by atoms with Crippen molar-refractivity contribution in [1.82, 2.24) is 31.1 Å². The molecule has 0 spiro atoms. The summed E-state index contributed by atoms with van der Waals surface area (Å²) in [6.45, 7) is 9.78. The molecule has 2 saturated heterocycles. The van der Waals surface area contributed by atoms with Crippen LogP contribution in [0.25, 0.3) is 0 Å². The summed E-state index contributed by atoms with van der Waals surface area (Å²) < 4.78 is 0. The van der Waals surface area contributed by atoms with E-state index in [4.69, 9.17) is 11.5 Å². The fourth-order valence-electron chi connectivity index (χ4n) is 9.14. The molecule has 3 rings (SSSR count). The molecule has 2 heterocycles. The lowest BCUT2D eigenvalue weighted by Gasteiger charge is -2.31. The minimum Gasteiger partial charge on any atom is -0.508 e. The highest BCUT2D eigenvalue weighted by Crippen LogP contribution is 2.23. The van der Waals surface area contributed by atoms with E-state index in [1.165, 1.54) is 75.3 Å². The maximum atomic E-state index is 13.8. The van der Waals surface area contributed by atoms with E-state index in [0.29, 0.717) is 57.9 Å². The smallest absolute Gasteiger partial charge is 0.248 e. The van der Waals surface area contributed by atoms with E-state index < -0.39 is 72.1 Å². The number of carbonyl (C=O) groups excluding carboxylic acids is 7. The lowest BCUT2D eigenvalue weighted by molar-refractivity contribution is -0.144. The summed E-state index contributed by atoms with van der Waals surface area (Å²) >= 11 is 0. The van der Waals surface area contributed by atoms with Crippen LogP contribution in [0.2, 0.25) is 0 Å². The Labute approximate surface area is 417 Å². The molecule has 398 valence electrons. The molecule has 0 saturated carbocycles. The number of benzene rings is 1. The third-order valence-corrected chi connectivity index (χ3v) is 13.6. The van der Waals surface area contributed by atoms with Crippen molar-refractivity contribution in [3.63, 3.8) is 0 Å². The van der Waals surface area contributed by atoms with E-state index in [0.717, 1.165) is 36.5 Å². The van der Waals surface area contributed by atoms with Gasteiger partial charge in [0.1, 0.15) is 42.5 Å². The molecule has 2 aliphatic heterocycles. The average molecular weight is 987 g/mol. The van der Waals surface area contributed by atoms with Crippen LogP contribution < -0.4 is 32.7 Å². The van der Waals surface area contributed by atoms with Gasteiger partial charge in [0.25, 0.3) is 0 Å². The Bertz CT molecular complexity index is 1690. The van der Waals surface area contributed by atoms with Crippen molar-refractivity contribution in [3.8, 4) is 5.75 Å². The summed E-state index contributed by atoms with van der Waals surface area (Å²) in [6, 6.07) is 0.864. The first kappa shape index (κ1) is 61.6. The lowest BCUT2D eigenvalue weighted by Crippen LogP contribution is -2.60. The summed E-state index contributed by atoms with van der Waals surface area (Å²) in [4.78, 5) is 91.0. The van der Waals surface area contributed by atoms with E-state index in [9.17, 15) is 48.9 Å². The van der Waals surface area contributed by atoms with Crippen molar-refractivity contribution in [2.45, 2.75) is 205 Å². The van der Waals surface area contributed by atoms with E-state index in [1.54, 1.807) is 24.1 Å². The van der Waals surface area contributed by atoms with Gasteiger partial charge in [0.05, 0.1) is 18.2 Å². The van der Waals surface area contributed by atoms with Crippen molar-refractivity contribution < 1.29 is 48.9 Å². The number of hydrogen-bond acceptors (Lipinski definition) is 13. The van der Waals surface area contributed by atoms with Crippen LogP contribution in [0.1, 0.15) is 155 Å². The van der Waals surface area contributed by atoms with Crippen LogP contribution in [-0.4, -0.2) is 149 Å². The van der Waals surface area contributed by atoms with Gasteiger partial charge in [-0.05, 0) is 121 Å². The van der Waals surface area contributed by atoms with Gasteiger partial charge in [-0.25, -0.2) is 0 Å². The van der Waals surface area contributed by atoms with Gasteiger partial charge in [-0.3, -0.25) is 28.9 Å². The van der Waals surface area contributed by atoms with Gasteiger partial charge < -0.3 is 62.5 Å². The van der Waals surface area contributed by atoms with Crippen LogP contribution in [-0.2, 0) is 40.0 Å². The van der Waals surface area contributed by atoms with Crippen molar-refractivity contribution in [3.05, 3.63) is 29.8 Å². The molecule has 10 atom stereocenters. The maximum absolute atomic E-state index is 13.8. The number of unbranched alkanes of at least 4 members (excludes halogenated alkanes) is 6. The first-order valence-electron chi connectivity index (χ1n) is 26.1. The maximum Gasteiger partial charge on any atom is 0.248 e. The number of aryl methyl sites for hydroxylation is 1. The number of rotatable bonds is 33. The van der Waals surface area contributed by atoms with E-state index in [2.05, 4.69) is 42.0 Å². The van der Waals surface area contributed by atoms with Gasteiger partial charge in [-0.1, -0.05) is 77.8 Å². The number of nitrogens with two attached hydrogens (primary N) is 2. The number of aldehydes is 2. The molecule has 1 aromatic carbocycles. The summed E-state index contributed by atoms with van der Waals surface area (Å²) in [6.07, 6.45) is 15.8. The van der Waals surface area contributed by atoms with Gasteiger partial charge >= 0.3 is 0 Å². The molecule has 18 nitrogen and oxygen atoms in total. The molecule has 0 aliphatic carbocycles. The summed E-state index contributed by atoms with van der Waals surface area (Å²) in [7, 11) is 1.76. The fraction of sp³-hybridized carbons (Fsp3) is 0.750. The molecule has 0 radical (unpaired) electrons. The third-order valence-electron chi connectivity index (χ3n) is 13.6. The lowest BCUT2D eigenvalue weighted by atomic mass is 9.91. The SMILES string of the molecule is CCC(C)CC(C)CCCCCCCCC=O.C[C@@H](O)C(NC(=O)[C@@H](N)CCCNC(=O)C1[C@@H](O)CCN1C)C(=O)N1CCCC1C(=O)NC(CCc1ccc(O)cc1)C(=O)NC(CC=O)CCCN. The summed E-state index contributed by atoms with van der Waals surface area (Å²) in [5.41, 5.74) is 12.5. The number of amides is 5. The van der Waals surface area contributed by atoms with Gasteiger partial charge in [0.15, 0.2) is 0 Å². The Morgan fingerprint density at radius 2 is 1.49 bits per heavy atom. The monoisotopic (exact) mass is 987 g/mol. The number of likely N-dealkylation sites (tertiary alicyclic amines) is 2. The number of phenols is 1. The Morgan fingerprint density at radius 3 is 2.10 bits per heavy atom. The first-order valence-corrected chi connectivity index (χ1v) is 26.1. The molecule has 2 fully saturated rings. The number of nitrogens with zero attached hydrogens (tertiary/aromatic N) is 2. The molecule has 7 unspecified atom stereocenters. The van der Waals surface area contributed by atoms with Crippen molar-refractivity contribution >= 4 is 42.1 Å². The minimum absolute atomic E-state index is 0.0746. The quantitative estimate of drug-likeness (QED) is 0.0362. The first-order chi connectivity index (χ1) is 33.5. The zero-order valence-corrected chi connectivity index (χ0v) is 43.0. The normalized spacial score (nSPS) is 19.8. The number of phenolic OH excluding ortho intramolecular Hbond substituents is 1. The van der Waals surface area contributed by atoms with E-state index >= 15 is 0 Å². The minimum atomic E-state index is -1.40. The summed E-state index contributed by atoms with van der Waals surface area (Å²) in [5, 5.41) is 41.2. The predicted octanol–water partition coefficient (Wildman–Crippen LogP) is 3.15. The highest BCUT2D eigenvalue weighted by atomic mass is 16.3. The van der Waals surface area contributed by atoms with Crippen molar-refractivity contribution in [2.24, 2.45) is 23.3 Å². The zero-order valence-electron chi connectivity index (χ0n) is 43.0.